The summed E-state index contributed by atoms with van der Waals surface area (Å²) >= 11 is 0. The largest absolute Gasteiger partial charge is 0.456 e. The van der Waals surface area contributed by atoms with Crippen LogP contribution >= 0.6 is 0 Å². The maximum absolute atomic E-state index is 8.60. The average molecular weight is 477 g/mol. The van der Waals surface area contributed by atoms with Gasteiger partial charge in [-0.1, -0.05) is 73.7 Å². The van der Waals surface area contributed by atoms with Gasteiger partial charge in [0.2, 0.25) is 5.69 Å². The molecule has 0 amide bonds. The Hall–Kier alpha value is -3.90. The summed E-state index contributed by atoms with van der Waals surface area (Å²) in [4.78, 5) is 3.66. The fourth-order valence-corrected chi connectivity index (χ4v) is 5.89. The van der Waals surface area contributed by atoms with Crippen LogP contribution in [0.25, 0.3) is 49.2 Å². The molecule has 5 aromatic rings. The van der Waals surface area contributed by atoms with Crippen molar-refractivity contribution in [3.05, 3.63) is 94.8 Å². The zero-order valence-corrected chi connectivity index (χ0v) is 20.9. The lowest BCUT2D eigenvalue weighted by molar-refractivity contribution is -0.667. The van der Waals surface area contributed by atoms with Crippen molar-refractivity contribution in [2.45, 2.75) is 51.9 Å². The SMILES string of the molecule is [2H]c1c([2H])c([2H])c(-c2c([N+]#[C-])ccc3c2oc2c(-c4ccc(C5CCCCC5)c(C)[n+]4C)c(C)ccc23)c([2H])c1[2H]. The van der Waals surface area contributed by atoms with E-state index in [0.717, 1.165) is 27.6 Å². The number of nitrogens with zero attached hydrogens (tertiary/aromatic N) is 2. The quantitative estimate of drug-likeness (QED) is 0.188. The summed E-state index contributed by atoms with van der Waals surface area (Å²) in [7, 11) is 2.09. The second-order valence-corrected chi connectivity index (χ2v) is 9.84. The van der Waals surface area contributed by atoms with Gasteiger partial charge < -0.3 is 4.42 Å². The predicted octanol–water partition coefficient (Wildman–Crippen LogP) is 8.96. The van der Waals surface area contributed by atoms with Crippen LogP contribution < -0.4 is 4.57 Å². The first-order valence-electron chi connectivity index (χ1n) is 15.1. The van der Waals surface area contributed by atoms with E-state index in [9.17, 15) is 0 Å². The highest BCUT2D eigenvalue weighted by Gasteiger charge is 2.27. The molecule has 2 aromatic heterocycles. The Morgan fingerprint density at radius 2 is 1.58 bits per heavy atom. The fourth-order valence-electron chi connectivity index (χ4n) is 5.89. The van der Waals surface area contributed by atoms with Gasteiger partial charge in [-0.3, -0.25) is 0 Å². The minimum Gasteiger partial charge on any atom is -0.456 e. The van der Waals surface area contributed by atoms with Gasteiger partial charge in [-0.25, -0.2) is 4.85 Å². The molecule has 1 aliphatic rings. The Labute approximate surface area is 219 Å². The lowest BCUT2D eigenvalue weighted by atomic mass is 9.83. The van der Waals surface area contributed by atoms with Crippen LogP contribution in [0.3, 0.4) is 0 Å². The minimum absolute atomic E-state index is 0.0248. The second kappa shape index (κ2) is 8.95. The van der Waals surface area contributed by atoms with Gasteiger partial charge in [-0.2, -0.15) is 4.57 Å². The standard InChI is InChI=1S/C33H31N2O/c1-21-15-16-26-27-17-19-28(34-3)31(24-13-9-6-10-14-24)33(27)36-32(26)30(21)29-20-18-25(22(2)35(29)4)23-11-7-5-8-12-23/h6,9-10,13-20,23H,5,7-8,11-12H2,1-2,4H3/q+1/i6D,9D,10D,13D,14D. The summed E-state index contributed by atoms with van der Waals surface area (Å²) in [6.45, 7) is 12.1. The van der Waals surface area contributed by atoms with Gasteiger partial charge in [0.1, 0.15) is 18.2 Å². The normalized spacial score (nSPS) is 16.3. The maximum Gasteiger partial charge on any atom is 0.216 e. The van der Waals surface area contributed by atoms with Crippen LogP contribution in [0.4, 0.5) is 5.69 Å². The molecule has 0 atom stereocenters. The summed E-state index contributed by atoms with van der Waals surface area (Å²) in [6.07, 6.45) is 6.31. The fraction of sp³-hybridized carbons (Fsp3) is 0.273. The van der Waals surface area contributed by atoms with Gasteiger partial charge in [-0.15, -0.1) is 0 Å². The van der Waals surface area contributed by atoms with Crippen LogP contribution in [0, 0.1) is 20.4 Å². The minimum atomic E-state index is -0.470. The number of aryl methyl sites for hydroxylation is 1. The molecule has 3 heteroatoms. The molecule has 0 unspecified atom stereocenters. The molecule has 0 radical (unpaired) electrons. The van der Waals surface area contributed by atoms with Gasteiger partial charge >= 0.3 is 0 Å². The molecule has 1 saturated carbocycles. The van der Waals surface area contributed by atoms with Crippen LogP contribution in [0.5, 0.6) is 0 Å². The molecule has 1 aliphatic carbocycles. The topological polar surface area (TPSA) is 21.4 Å². The number of benzene rings is 3. The van der Waals surface area contributed by atoms with E-state index < -0.39 is 18.1 Å². The molecule has 178 valence electrons. The molecule has 3 nitrogen and oxygen atoms in total. The van der Waals surface area contributed by atoms with Crippen molar-refractivity contribution >= 4 is 27.6 Å². The van der Waals surface area contributed by atoms with Crippen molar-refractivity contribution < 1.29 is 15.8 Å². The van der Waals surface area contributed by atoms with Gasteiger partial charge in [0.25, 0.3) is 0 Å². The first-order valence-corrected chi connectivity index (χ1v) is 12.6. The van der Waals surface area contributed by atoms with E-state index in [1.165, 1.54) is 43.4 Å². The monoisotopic (exact) mass is 476 g/mol. The summed E-state index contributed by atoms with van der Waals surface area (Å²) < 4.78 is 50.5. The van der Waals surface area contributed by atoms with E-state index in [2.05, 4.69) is 41.6 Å². The van der Waals surface area contributed by atoms with Gasteiger partial charge in [0.15, 0.2) is 11.4 Å². The highest BCUT2D eigenvalue weighted by Crippen LogP contribution is 2.44. The zero-order valence-electron chi connectivity index (χ0n) is 25.9. The third-order valence-corrected chi connectivity index (χ3v) is 7.87. The Morgan fingerprint density at radius 1 is 0.889 bits per heavy atom. The molecule has 0 N–H and O–H groups in total. The Balaban J connectivity index is 1.65. The number of furan rings is 1. The molecule has 36 heavy (non-hydrogen) atoms. The van der Waals surface area contributed by atoms with Crippen molar-refractivity contribution in [3.63, 3.8) is 0 Å². The zero-order chi connectivity index (χ0) is 29.2. The third-order valence-electron chi connectivity index (χ3n) is 7.87. The number of pyridine rings is 1. The molecule has 0 saturated heterocycles. The summed E-state index contributed by atoms with van der Waals surface area (Å²) in [6, 6.07) is 9.88. The number of hydrogen-bond donors (Lipinski definition) is 0. The van der Waals surface area contributed by atoms with Crippen LogP contribution in [0.1, 0.15) is 61.7 Å². The van der Waals surface area contributed by atoms with E-state index in [1.54, 1.807) is 6.07 Å². The van der Waals surface area contributed by atoms with E-state index in [0.29, 0.717) is 17.1 Å². The number of aromatic nitrogens is 1. The van der Waals surface area contributed by atoms with Crippen LogP contribution in [-0.4, -0.2) is 0 Å². The predicted molar refractivity (Wildman–Crippen MR) is 147 cm³/mol. The third kappa shape index (κ3) is 3.52. The first-order chi connectivity index (χ1) is 19.6. The van der Waals surface area contributed by atoms with Gasteiger partial charge in [0, 0.05) is 34.9 Å². The van der Waals surface area contributed by atoms with E-state index in [1.807, 2.05) is 19.1 Å². The molecule has 1 fully saturated rings. The Bertz CT molecular complexity index is 1900. The molecule has 0 bridgehead atoms. The molecule has 3 aromatic carbocycles. The van der Waals surface area contributed by atoms with Gasteiger partial charge in [-0.05, 0) is 42.9 Å². The van der Waals surface area contributed by atoms with Crippen molar-refractivity contribution in [2.75, 3.05) is 0 Å². The van der Waals surface area contributed by atoms with Crippen molar-refractivity contribution in [1.29, 1.82) is 0 Å². The lowest BCUT2D eigenvalue weighted by Gasteiger charge is -2.22. The summed E-state index contributed by atoms with van der Waals surface area (Å²) in [5.74, 6) is 0.582. The van der Waals surface area contributed by atoms with Crippen LogP contribution in [0.2, 0.25) is 0 Å². The van der Waals surface area contributed by atoms with E-state index in [4.69, 9.17) is 17.8 Å². The maximum atomic E-state index is 8.60. The number of fused-ring (bicyclic) bond motifs is 3. The second-order valence-electron chi connectivity index (χ2n) is 9.84. The van der Waals surface area contributed by atoms with Crippen molar-refractivity contribution in [3.8, 4) is 22.4 Å². The average Bonchev–Trinajstić information content (AvgIpc) is 3.36. The number of rotatable bonds is 3. The molecular formula is C33H31N2O+. The van der Waals surface area contributed by atoms with Crippen molar-refractivity contribution in [1.82, 2.24) is 0 Å². The summed E-state index contributed by atoms with van der Waals surface area (Å²) in [5.41, 5.74) is 6.99. The lowest BCUT2D eigenvalue weighted by Crippen LogP contribution is -2.36. The smallest absolute Gasteiger partial charge is 0.216 e. The first kappa shape index (κ1) is 17.5. The molecule has 6 rings (SSSR count). The summed E-state index contributed by atoms with van der Waals surface area (Å²) in [5, 5.41) is 1.58. The molecule has 0 aliphatic heterocycles. The Kier molecular flexibility index (Phi) is 4.36. The number of hydrogen-bond acceptors (Lipinski definition) is 1. The van der Waals surface area contributed by atoms with Crippen molar-refractivity contribution in [2.24, 2.45) is 7.05 Å². The van der Waals surface area contributed by atoms with E-state index in [-0.39, 0.29) is 28.9 Å². The molecule has 2 heterocycles. The highest BCUT2D eigenvalue weighted by molar-refractivity contribution is 6.15. The Morgan fingerprint density at radius 3 is 2.31 bits per heavy atom. The molecular weight excluding hydrogens is 440 g/mol. The van der Waals surface area contributed by atoms with Gasteiger partial charge in [0.05, 0.1) is 19.0 Å². The van der Waals surface area contributed by atoms with Crippen LogP contribution in [-0.2, 0) is 7.05 Å². The van der Waals surface area contributed by atoms with Crippen LogP contribution in [0.15, 0.2) is 71.0 Å². The highest BCUT2D eigenvalue weighted by atomic mass is 16.3. The molecule has 0 spiro atoms. The van der Waals surface area contributed by atoms with E-state index >= 15 is 0 Å².